The third kappa shape index (κ3) is 4.59. The fraction of sp³-hybridized carbons (Fsp3) is 0.273. The van der Waals surface area contributed by atoms with Crippen LogP contribution in [-0.2, 0) is 6.61 Å². The van der Waals surface area contributed by atoms with Crippen molar-refractivity contribution in [2.24, 2.45) is 0 Å². The zero-order valence-electron chi connectivity index (χ0n) is 9.68. The topological polar surface area (TPSA) is 60.2 Å². The van der Waals surface area contributed by atoms with Gasteiger partial charge in [0, 0.05) is 7.05 Å². The molecule has 0 aliphatic rings. The monoisotopic (exact) mass is 347 g/mol. The summed E-state index contributed by atoms with van der Waals surface area (Å²) < 4.78 is 10.6. The summed E-state index contributed by atoms with van der Waals surface area (Å²) in [7, 11) is 1.72. The molecule has 6 heteroatoms. The van der Waals surface area contributed by atoms with Gasteiger partial charge in [0.05, 0.1) is 0 Å². The average molecular weight is 347 g/mol. The molecule has 0 amide bonds. The summed E-state index contributed by atoms with van der Waals surface area (Å²) in [5, 5.41) is 10.3. The highest BCUT2D eigenvalue weighted by Crippen LogP contribution is 2.11. The molecule has 5 nitrogen and oxygen atoms in total. The minimum absolute atomic E-state index is 0.276. The van der Waals surface area contributed by atoms with Gasteiger partial charge in [0.2, 0.25) is 0 Å². The van der Waals surface area contributed by atoms with Gasteiger partial charge in [-0.2, -0.15) is 0 Å². The Bertz CT molecular complexity index is 420. The standard InChI is InChI=1S/C10H11N3O2.CH3I/c1-11-10-13-12-9(15-10)7-14-8-5-3-2-4-6-8;1-2/h2-6H,7H2,1H3,(H,11,13);1H3. The predicted molar refractivity (Wildman–Crippen MR) is 74.6 cm³/mol. The fourth-order valence-corrected chi connectivity index (χ4v) is 1.07. The van der Waals surface area contributed by atoms with E-state index in [1.165, 1.54) is 0 Å². The molecule has 1 aromatic heterocycles. The van der Waals surface area contributed by atoms with Gasteiger partial charge in [0.15, 0.2) is 6.61 Å². The van der Waals surface area contributed by atoms with Crippen molar-refractivity contribution in [2.45, 2.75) is 6.61 Å². The summed E-state index contributed by atoms with van der Waals surface area (Å²) in [6.45, 7) is 0.276. The van der Waals surface area contributed by atoms with Crippen molar-refractivity contribution in [1.29, 1.82) is 0 Å². The van der Waals surface area contributed by atoms with Gasteiger partial charge in [0.25, 0.3) is 5.89 Å². The van der Waals surface area contributed by atoms with E-state index in [1.54, 1.807) is 7.05 Å². The van der Waals surface area contributed by atoms with Gasteiger partial charge in [-0.15, -0.1) is 5.10 Å². The molecule has 0 atom stereocenters. The van der Waals surface area contributed by atoms with Crippen LogP contribution in [0.25, 0.3) is 0 Å². The van der Waals surface area contributed by atoms with Gasteiger partial charge in [-0.05, 0) is 17.1 Å². The molecular weight excluding hydrogens is 333 g/mol. The second kappa shape index (κ2) is 7.88. The van der Waals surface area contributed by atoms with Crippen LogP contribution in [0.3, 0.4) is 0 Å². The largest absolute Gasteiger partial charge is 0.484 e. The number of hydrogen-bond donors (Lipinski definition) is 1. The van der Waals surface area contributed by atoms with Gasteiger partial charge < -0.3 is 14.5 Å². The van der Waals surface area contributed by atoms with E-state index in [0.29, 0.717) is 11.9 Å². The number of hydrogen-bond acceptors (Lipinski definition) is 5. The van der Waals surface area contributed by atoms with Gasteiger partial charge in [-0.25, -0.2) is 0 Å². The zero-order valence-corrected chi connectivity index (χ0v) is 11.8. The molecule has 0 aliphatic carbocycles. The van der Waals surface area contributed by atoms with Crippen molar-refractivity contribution in [1.82, 2.24) is 10.2 Å². The SMILES string of the molecule is CI.CNc1nnc(COc2ccccc2)o1. The Hall–Kier alpha value is -1.31. The van der Waals surface area contributed by atoms with E-state index in [4.69, 9.17) is 9.15 Å². The maximum Gasteiger partial charge on any atom is 0.315 e. The van der Waals surface area contributed by atoms with Crippen LogP contribution in [0.15, 0.2) is 34.7 Å². The Morgan fingerprint density at radius 2 is 1.94 bits per heavy atom. The van der Waals surface area contributed by atoms with Crippen molar-refractivity contribution in [3.05, 3.63) is 36.2 Å². The molecule has 0 aliphatic heterocycles. The third-order valence-corrected chi connectivity index (χ3v) is 1.79. The van der Waals surface area contributed by atoms with E-state index in [1.807, 2.05) is 35.3 Å². The highest BCUT2D eigenvalue weighted by Gasteiger charge is 2.04. The quantitative estimate of drug-likeness (QED) is 0.681. The van der Waals surface area contributed by atoms with Crippen LogP contribution in [0.1, 0.15) is 5.89 Å². The normalized spacial score (nSPS) is 9.12. The number of benzene rings is 1. The Balaban J connectivity index is 0.000000686. The molecule has 1 aromatic carbocycles. The summed E-state index contributed by atoms with van der Waals surface area (Å²) in [5.74, 6) is 1.23. The Morgan fingerprint density at radius 3 is 2.53 bits per heavy atom. The molecule has 2 rings (SSSR count). The average Bonchev–Trinajstić information content (AvgIpc) is 2.88. The second-order valence-corrected chi connectivity index (χ2v) is 2.85. The fourth-order valence-electron chi connectivity index (χ4n) is 1.07. The lowest BCUT2D eigenvalue weighted by Gasteiger charge is -2.01. The number of aromatic nitrogens is 2. The van der Waals surface area contributed by atoms with Gasteiger partial charge in [0.1, 0.15) is 5.75 Å². The molecule has 0 unspecified atom stereocenters. The van der Waals surface area contributed by atoms with Crippen LogP contribution in [0.4, 0.5) is 6.01 Å². The highest BCUT2D eigenvalue weighted by molar-refractivity contribution is 14.1. The first-order valence-corrected chi connectivity index (χ1v) is 7.10. The van der Waals surface area contributed by atoms with Crippen LogP contribution in [0.2, 0.25) is 0 Å². The van der Waals surface area contributed by atoms with Gasteiger partial charge >= 0.3 is 6.01 Å². The highest BCUT2D eigenvalue weighted by atomic mass is 127. The van der Waals surface area contributed by atoms with Gasteiger partial charge in [-0.3, -0.25) is 0 Å². The molecule has 92 valence electrons. The Labute approximate surface area is 114 Å². The van der Waals surface area contributed by atoms with Crippen molar-refractivity contribution in [3.8, 4) is 5.75 Å². The smallest absolute Gasteiger partial charge is 0.315 e. The van der Waals surface area contributed by atoms with Crippen LogP contribution in [0.5, 0.6) is 5.75 Å². The van der Waals surface area contributed by atoms with Crippen LogP contribution in [-0.4, -0.2) is 22.2 Å². The van der Waals surface area contributed by atoms with E-state index in [9.17, 15) is 0 Å². The summed E-state index contributed by atoms with van der Waals surface area (Å²) in [4.78, 5) is 1.97. The van der Waals surface area contributed by atoms with E-state index >= 15 is 0 Å². The molecule has 0 radical (unpaired) electrons. The van der Waals surface area contributed by atoms with Crippen LogP contribution < -0.4 is 10.1 Å². The molecule has 1 N–H and O–H groups in total. The zero-order chi connectivity index (χ0) is 12.5. The van der Waals surface area contributed by atoms with Crippen molar-refractivity contribution in [2.75, 3.05) is 17.3 Å². The molecule has 1 heterocycles. The molecule has 0 bridgehead atoms. The molecule has 17 heavy (non-hydrogen) atoms. The lowest BCUT2D eigenvalue weighted by Crippen LogP contribution is -1.95. The summed E-state index contributed by atoms with van der Waals surface area (Å²) in [6, 6.07) is 9.87. The number of anilines is 1. The molecule has 0 saturated carbocycles. The first kappa shape index (κ1) is 13.8. The molecule has 2 aromatic rings. The molecule has 0 saturated heterocycles. The van der Waals surface area contributed by atoms with Crippen molar-refractivity contribution < 1.29 is 9.15 Å². The lowest BCUT2D eigenvalue weighted by atomic mass is 10.3. The van der Waals surface area contributed by atoms with E-state index in [-0.39, 0.29) is 6.61 Å². The molecular formula is C11H14IN3O2. The number of halogens is 1. The molecule has 0 fully saturated rings. The number of para-hydroxylation sites is 1. The van der Waals surface area contributed by atoms with E-state index < -0.39 is 0 Å². The number of nitrogens with one attached hydrogen (secondary N) is 1. The predicted octanol–water partition coefficient (Wildman–Crippen LogP) is 2.74. The van der Waals surface area contributed by atoms with E-state index in [0.717, 1.165) is 5.75 Å². The van der Waals surface area contributed by atoms with E-state index in [2.05, 4.69) is 38.1 Å². The first-order valence-electron chi connectivity index (χ1n) is 4.94. The van der Waals surface area contributed by atoms with Crippen molar-refractivity contribution >= 4 is 28.6 Å². The summed E-state index contributed by atoms with van der Waals surface area (Å²) in [5.41, 5.74) is 0. The molecule has 0 spiro atoms. The second-order valence-electron chi connectivity index (χ2n) is 2.85. The minimum atomic E-state index is 0.276. The third-order valence-electron chi connectivity index (χ3n) is 1.79. The van der Waals surface area contributed by atoms with Gasteiger partial charge in [-0.1, -0.05) is 45.9 Å². The van der Waals surface area contributed by atoms with Crippen molar-refractivity contribution in [3.63, 3.8) is 0 Å². The maximum atomic E-state index is 5.43. The maximum absolute atomic E-state index is 5.43. The Kier molecular flexibility index (Phi) is 6.38. The number of rotatable bonds is 4. The van der Waals surface area contributed by atoms with Crippen LogP contribution in [0, 0.1) is 0 Å². The van der Waals surface area contributed by atoms with Crippen LogP contribution >= 0.6 is 22.6 Å². The minimum Gasteiger partial charge on any atom is -0.484 e. The number of alkyl halides is 1. The summed E-state index contributed by atoms with van der Waals surface area (Å²) in [6.07, 6.45) is 0. The first-order chi connectivity index (χ1) is 8.38. The number of nitrogens with zero attached hydrogens (tertiary/aromatic N) is 2. The summed E-state index contributed by atoms with van der Waals surface area (Å²) >= 11 is 2.15. The Morgan fingerprint density at radius 1 is 1.24 bits per heavy atom. The number of ether oxygens (including phenoxy) is 1. The lowest BCUT2D eigenvalue weighted by molar-refractivity contribution is 0.265.